The molecule has 19 heavy (non-hydrogen) atoms. The highest BCUT2D eigenvalue weighted by molar-refractivity contribution is 7.16. The minimum atomic E-state index is -0.0611. The minimum Gasteiger partial charge on any atom is -0.316 e. The first kappa shape index (κ1) is 14.1. The minimum absolute atomic E-state index is 0.0119. The molecule has 0 spiro atoms. The summed E-state index contributed by atoms with van der Waals surface area (Å²) in [5.41, 5.74) is 1.87. The van der Waals surface area contributed by atoms with Crippen molar-refractivity contribution in [3.05, 3.63) is 16.0 Å². The van der Waals surface area contributed by atoms with Crippen LogP contribution in [0, 0.1) is 23.2 Å². The Morgan fingerprint density at radius 2 is 2.32 bits per heavy atom. The zero-order valence-corrected chi connectivity index (χ0v) is 12.6. The van der Waals surface area contributed by atoms with E-state index in [2.05, 4.69) is 18.3 Å². The van der Waals surface area contributed by atoms with E-state index < -0.39 is 0 Å². The first-order valence-corrected chi connectivity index (χ1v) is 7.73. The van der Waals surface area contributed by atoms with Gasteiger partial charge in [-0.15, -0.1) is 11.3 Å². The lowest BCUT2D eigenvalue weighted by molar-refractivity contribution is -0.118. The van der Waals surface area contributed by atoms with Gasteiger partial charge in [0.2, 0.25) is 5.91 Å². The van der Waals surface area contributed by atoms with Crippen molar-refractivity contribution in [3.8, 4) is 6.07 Å². The summed E-state index contributed by atoms with van der Waals surface area (Å²) in [6, 6.07) is 2.28. The molecule has 0 radical (unpaired) electrons. The summed E-state index contributed by atoms with van der Waals surface area (Å²) in [6.07, 6.45) is 4.38. The summed E-state index contributed by atoms with van der Waals surface area (Å²) in [7, 11) is 0. The Bertz CT molecular complexity index is 525. The molecule has 1 aliphatic carbocycles. The van der Waals surface area contributed by atoms with Crippen LogP contribution in [0.2, 0.25) is 0 Å². The highest BCUT2D eigenvalue weighted by Crippen LogP contribution is 2.40. The number of carbonyl (C=O) groups is 1. The normalized spacial score (nSPS) is 17.9. The van der Waals surface area contributed by atoms with E-state index in [4.69, 9.17) is 0 Å². The molecule has 102 valence electrons. The molecule has 4 heteroatoms. The van der Waals surface area contributed by atoms with E-state index in [0.717, 1.165) is 30.2 Å². The van der Waals surface area contributed by atoms with E-state index >= 15 is 0 Å². The number of thiophene rings is 1. The number of amides is 1. The van der Waals surface area contributed by atoms with Crippen molar-refractivity contribution in [2.24, 2.45) is 11.8 Å². The molecule has 3 nitrogen and oxygen atoms in total. The summed E-state index contributed by atoms with van der Waals surface area (Å²) in [5, 5.41) is 13.0. The number of hydrogen-bond acceptors (Lipinski definition) is 3. The van der Waals surface area contributed by atoms with Gasteiger partial charge < -0.3 is 5.32 Å². The van der Waals surface area contributed by atoms with Crippen LogP contribution in [0.4, 0.5) is 5.00 Å². The predicted octanol–water partition coefficient (Wildman–Crippen LogP) is 3.73. The van der Waals surface area contributed by atoms with E-state index in [-0.39, 0.29) is 11.8 Å². The van der Waals surface area contributed by atoms with E-state index in [1.54, 1.807) is 11.3 Å². The smallest absolute Gasteiger partial charge is 0.227 e. The number of hydrogen-bond donors (Lipinski definition) is 1. The molecule has 1 amide bonds. The zero-order valence-electron chi connectivity index (χ0n) is 11.7. The van der Waals surface area contributed by atoms with Crippen molar-refractivity contribution in [1.82, 2.24) is 0 Å². The van der Waals surface area contributed by atoms with Crippen LogP contribution in [-0.4, -0.2) is 5.91 Å². The Morgan fingerprint density at radius 3 is 2.89 bits per heavy atom. The maximum atomic E-state index is 11.8. The van der Waals surface area contributed by atoms with Gasteiger partial charge in [-0.2, -0.15) is 5.26 Å². The van der Waals surface area contributed by atoms with Crippen LogP contribution in [0.1, 0.15) is 49.6 Å². The van der Waals surface area contributed by atoms with Crippen LogP contribution in [0.3, 0.4) is 0 Å². The first-order valence-electron chi connectivity index (χ1n) is 6.92. The van der Waals surface area contributed by atoms with Gasteiger partial charge in [0.15, 0.2) is 0 Å². The summed E-state index contributed by atoms with van der Waals surface area (Å²) in [4.78, 5) is 13.1. The molecule has 0 saturated heterocycles. The summed E-state index contributed by atoms with van der Waals surface area (Å²) in [6.45, 7) is 5.94. The quantitative estimate of drug-likeness (QED) is 0.914. The van der Waals surface area contributed by atoms with Crippen LogP contribution >= 0.6 is 11.3 Å². The van der Waals surface area contributed by atoms with Crippen LogP contribution in [0.15, 0.2) is 0 Å². The van der Waals surface area contributed by atoms with Gasteiger partial charge in [0.1, 0.15) is 11.1 Å². The molecule has 0 aliphatic heterocycles. The molecule has 1 N–H and O–H groups in total. The number of anilines is 1. The Balaban J connectivity index is 2.29. The highest BCUT2D eigenvalue weighted by Gasteiger charge is 2.25. The average molecular weight is 276 g/mol. The third kappa shape index (κ3) is 2.82. The topological polar surface area (TPSA) is 52.9 Å². The van der Waals surface area contributed by atoms with Crippen molar-refractivity contribution in [2.45, 2.75) is 46.5 Å². The van der Waals surface area contributed by atoms with Crippen molar-refractivity contribution in [1.29, 1.82) is 5.26 Å². The molecule has 0 fully saturated rings. The summed E-state index contributed by atoms with van der Waals surface area (Å²) >= 11 is 1.60. The SMILES string of the molecule is CCC1CCc2c(sc(NC(=O)C(C)C)c2C#N)C1. The molecule has 2 rings (SSSR count). The Hall–Kier alpha value is -1.34. The lowest BCUT2D eigenvalue weighted by Gasteiger charge is -2.20. The van der Waals surface area contributed by atoms with Gasteiger partial charge in [-0.25, -0.2) is 0 Å². The number of rotatable bonds is 3. The highest BCUT2D eigenvalue weighted by atomic mass is 32.1. The second-order valence-corrected chi connectivity index (χ2v) is 6.59. The summed E-state index contributed by atoms with van der Waals surface area (Å²) in [5.74, 6) is 0.655. The zero-order chi connectivity index (χ0) is 14.0. The van der Waals surface area contributed by atoms with Crippen LogP contribution < -0.4 is 5.32 Å². The molecule has 1 aromatic heterocycles. The standard InChI is InChI=1S/C15H20N2OS/c1-4-10-5-6-11-12(8-16)15(19-13(11)7-10)17-14(18)9(2)3/h9-10H,4-7H2,1-3H3,(H,17,18). The molecule has 1 unspecified atom stereocenters. The Kier molecular flexibility index (Phi) is 4.26. The van der Waals surface area contributed by atoms with Crippen LogP contribution in [0.25, 0.3) is 0 Å². The van der Waals surface area contributed by atoms with E-state index in [1.165, 1.54) is 16.9 Å². The molecule has 0 bridgehead atoms. The maximum Gasteiger partial charge on any atom is 0.227 e. The summed E-state index contributed by atoms with van der Waals surface area (Å²) < 4.78 is 0. The number of fused-ring (bicyclic) bond motifs is 1. The number of nitrogens with one attached hydrogen (secondary N) is 1. The Labute approximate surface area is 118 Å². The largest absolute Gasteiger partial charge is 0.316 e. The predicted molar refractivity (Wildman–Crippen MR) is 78.3 cm³/mol. The molecule has 1 aliphatic rings. The number of nitriles is 1. The monoisotopic (exact) mass is 276 g/mol. The molecule has 1 heterocycles. The number of carbonyl (C=O) groups excluding carboxylic acids is 1. The van der Waals surface area contributed by atoms with Gasteiger partial charge in [0.25, 0.3) is 0 Å². The molecular formula is C15H20N2OS. The fourth-order valence-electron chi connectivity index (χ4n) is 2.47. The fourth-order valence-corrected chi connectivity index (χ4v) is 3.78. The Morgan fingerprint density at radius 1 is 1.58 bits per heavy atom. The molecule has 0 saturated carbocycles. The fraction of sp³-hybridized carbons (Fsp3) is 0.600. The maximum absolute atomic E-state index is 11.8. The van der Waals surface area contributed by atoms with Gasteiger partial charge in [-0.1, -0.05) is 27.2 Å². The van der Waals surface area contributed by atoms with E-state index in [1.807, 2.05) is 13.8 Å². The molecular weight excluding hydrogens is 256 g/mol. The van der Waals surface area contributed by atoms with Gasteiger partial charge in [0, 0.05) is 10.8 Å². The second-order valence-electron chi connectivity index (χ2n) is 5.48. The third-order valence-electron chi connectivity index (χ3n) is 3.82. The van der Waals surface area contributed by atoms with Crippen molar-refractivity contribution >= 4 is 22.2 Å². The van der Waals surface area contributed by atoms with Gasteiger partial charge in [-0.3, -0.25) is 4.79 Å². The van der Waals surface area contributed by atoms with Gasteiger partial charge in [0.05, 0.1) is 5.56 Å². The van der Waals surface area contributed by atoms with Crippen LogP contribution in [0.5, 0.6) is 0 Å². The molecule has 1 aromatic rings. The lowest BCUT2D eigenvalue weighted by atomic mass is 9.86. The first-order chi connectivity index (χ1) is 9.06. The average Bonchev–Trinajstić information content (AvgIpc) is 2.74. The second kappa shape index (κ2) is 5.75. The van der Waals surface area contributed by atoms with Gasteiger partial charge in [-0.05, 0) is 30.7 Å². The van der Waals surface area contributed by atoms with Crippen molar-refractivity contribution < 1.29 is 4.79 Å². The molecule has 1 atom stereocenters. The van der Waals surface area contributed by atoms with Crippen molar-refractivity contribution in [2.75, 3.05) is 5.32 Å². The molecule has 0 aromatic carbocycles. The van der Waals surface area contributed by atoms with E-state index in [9.17, 15) is 10.1 Å². The number of nitrogens with zero attached hydrogens (tertiary/aromatic N) is 1. The van der Waals surface area contributed by atoms with E-state index in [0.29, 0.717) is 5.56 Å². The third-order valence-corrected chi connectivity index (χ3v) is 4.99. The lowest BCUT2D eigenvalue weighted by Crippen LogP contribution is -2.17. The van der Waals surface area contributed by atoms with Crippen LogP contribution in [-0.2, 0) is 17.6 Å². The van der Waals surface area contributed by atoms with Crippen molar-refractivity contribution in [3.63, 3.8) is 0 Å². The van der Waals surface area contributed by atoms with Gasteiger partial charge >= 0.3 is 0 Å².